The highest BCUT2D eigenvalue weighted by molar-refractivity contribution is 5.87. The zero-order valence-electron chi connectivity index (χ0n) is 8.95. The second-order valence-electron chi connectivity index (χ2n) is 3.61. The van der Waals surface area contributed by atoms with Crippen molar-refractivity contribution in [1.82, 2.24) is 19.9 Å². The molecule has 1 atom stereocenters. The molecule has 1 saturated heterocycles. The van der Waals surface area contributed by atoms with Gasteiger partial charge in [-0.1, -0.05) is 11.8 Å². The molecule has 1 aliphatic rings. The van der Waals surface area contributed by atoms with Crippen LogP contribution in [0, 0.1) is 0 Å². The highest BCUT2D eigenvalue weighted by Gasteiger charge is 2.23. The molecule has 16 heavy (non-hydrogen) atoms. The summed E-state index contributed by atoms with van der Waals surface area (Å²) in [5, 5.41) is 7.58. The largest absolute Gasteiger partial charge is 0.373 e. The van der Waals surface area contributed by atoms with Crippen LogP contribution in [0.5, 0.6) is 0 Å². The predicted octanol–water partition coefficient (Wildman–Crippen LogP) is -0.309. The van der Waals surface area contributed by atoms with Crippen molar-refractivity contribution in [3.8, 4) is 0 Å². The van der Waals surface area contributed by atoms with E-state index in [1.165, 1.54) is 6.08 Å². The maximum absolute atomic E-state index is 11.4. The van der Waals surface area contributed by atoms with Crippen molar-refractivity contribution in [2.75, 3.05) is 19.7 Å². The molecule has 1 aromatic heterocycles. The van der Waals surface area contributed by atoms with E-state index in [0.29, 0.717) is 26.2 Å². The minimum Gasteiger partial charge on any atom is -0.373 e. The maximum atomic E-state index is 11.4. The van der Waals surface area contributed by atoms with Crippen LogP contribution in [-0.4, -0.2) is 51.6 Å². The van der Waals surface area contributed by atoms with Crippen LogP contribution in [0.1, 0.15) is 0 Å². The summed E-state index contributed by atoms with van der Waals surface area (Å²) in [5.74, 6) is -0.0492. The third-order valence-electron chi connectivity index (χ3n) is 2.49. The standard InChI is InChI=1S/C10H14N4O2/c1-2-10(15)13-5-6-16-9(7-13)8-14-4-3-11-12-14/h2-4,9H,1,5-8H2. The number of carbonyl (C=O) groups excluding carboxylic acids is 1. The summed E-state index contributed by atoms with van der Waals surface area (Å²) in [4.78, 5) is 13.2. The van der Waals surface area contributed by atoms with Crippen molar-refractivity contribution in [2.45, 2.75) is 12.6 Å². The first-order valence-electron chi connectivity index (χ1n) is 5.16. The molecule has 0 saturated carbocycles. The van der Waals surface area contributed by atoms with E-state index in [1.54, 1.807) is 22.0 Å². The first-order chi connectivity index (χ1) is 7.79. The highest BCUT2D eigenvalue weighted by Crippen LogP contribution is 2.07. The van der Waals surface area contributed by atoms with Gasteiger partial charge in [-0.15, -0.1) is 5.10 Å². The third-order valence-corrected chi connectivity index (χ3v) is 2.49. The van der Waals surface area contributed by atoms with Crippen LogP contribution in [0.4, 0.5) is 0 Å². The number of hydrogen-bond donors (Lipinski definition) is 0. The van der Waals surface area contributed by atoms with Gasteiger partial charge in [0.15, 0.2) is 0 Å². The van der Waals surface area contributed by atoms with Gasteiger partial charge in [-0.25, -0.2) is 4.68 Å². The average Bonchev–Trinajstić information content (AvgIpc) is 2.81. The Kier molecular flexibility index (Phi) is 3.31. The first-order valence-corrected chi connectivity index (χ1v) is 5.16. The molecule has 6 nitrogen and oxygen atoms in total. The van der Waals surface area contributed by atoms with Crippen LogP contribution in [-0.2, 0) is 16.1 Å². The van der Waals surface area contributed by atoms with Crippen LogP contribution in [0.15, 0.2) is 25.0 Å². The van der Waals surface area contributed by atoms with E-state index in [-0.39, 0.29) is 12.0 Å². The quantitative estimate of drug-likeness (QED) is 0.658. The zero-order chi connectivity index (χ0) is 11.4. The van der Waals surface area contributed by atoms with Gasteiger partial charge in [-0.2, -0.15) is 0 Å². The molecule has 0 spiro atoms. The van der Waals surface area contributed by atoms with E-state index < -0.39 is 0 Å². The van der Waals surface area contributed by atoms with Gasteiger partial charge in [0.2, 0.25) is 5.91 Å². The molecule has 1 amide bonds. The molecule has 0 aromatic carbocycles. The van der Waals surface area contributed by atoms with Crippen molar-refractivity contribution in [3.05, 3.63) is 25.0 Å². The smallest absolute Gasteiger partial charge is 0.246 e. The maximum Gasteiger partial charge on any atom is 0.246 e. The van der Waals surface area contributed by atoms with E-state index in [9.17, 15) is 4.79 Å². The molecule has 0 aliphatic carbocycles. The number of rotatable bonds is 3. The van der Waals surface area contributed by atoms with Gasteiger partial charge in [-0.05, 0) is 6.08 Å². The molecule has 0 radical (unpaired) electrons. The van der Waals surface area contributed by atoms with Crippen LogP contribution < -0.4 is 0 Å². The summed E-state index contributed by atoms with van der Waals surface area (Å²) in [6.45, 7) is 5.84. The summed E-state index contributed by atoms with van der Waals surface area (Å²) in [6.07, 6.45) is 4.70. The van der Waals surface area contributed by atoms with Crippen LogP contribution >= 0.6 is 0 Å². The molecule has 1 unspecified atom stereocenters. The summed E-state index contributed by atoms with van der Waals surface area (Å²) >= 11 is 0. The lowest BCUT2D eigenvalue weighted by Crippen LogP contribution is -2.46. The molecule has 0 N–H and O–H groups in total. The van der Waals surface area contributed by atoms with Gasteiger partial charge >= 0.3 is 0 Å². The Morgan fingerprint density at radius 3 is 3.25 bits per heavy atom. The number of ether oxygens (including phenoxy) is 1. The Hall–Kier alpha value is -1.69. The van der Waals surface area contributed by atoms with Gasteiger partial charge in [0.25, 0.3) is 0 Å². The molecule has 1 fully saturated rings. The summed E-state index contributed by atoms with van der Waals surface area (Å²) < 4.78 is 7.26. The lowest BCUT2D eigenvalue weighted by atomic mass is 10.2. The topological polar surface area (TPSA) is 60.2 Å². The van der Waals surface area contributed by atoms with Crippen LogP contribution in [0.3, 0.4) is 0 Å². The number of carbonyl (C=O) groups is 1. The molecular weight excluding hydrogens is 208 g/mol. The van der Waals surface area contributed by atoms with Gasteiger partial charge in [0.05, 0.1) is 25.5 Å². The monoisotopic (exact) mass is 222 g/mol. The lowest BCUT2D eigenvalue weighted by Gasteiger charge is -2.32. The minimum absolute atomic E-state index is 0.0284. The SMILES string of the molecule is C=CC(=O)N1CCOC(Cn2ccnn2)C1. The number of morpholine rings is 1. The van der Waals surface area contributed by atoms with Gasteiger partial charge < -0.3 is 9.64 Å². The Morgan fingerprint density at radius 2 is 2.56 bits per heavy atom. The van der Waals surface area contributed by atoms with Gasteiger partial charge in [0.1, 0.15) is 0 Å². The second-order valence-corrected chi connectivity index (χ2v) is 3.61. The Morgan fingerprint density at radius 1 is 1.69 bits per heavy atom. The molecular formula is C10H14N4O2. The molecule has 0 bridgehead atoms. The van der Waals surface area contributed by atoms with E-state index in [1.807, 2.05) is 0 Å². The Bertz CT molecular complexity index is 363. The number of hydrogen-bond acceptors (Lipinski definition) is 4. The second kappa shape index (κ2) is 4.89. The van der Waals surface area contributed by atoms with Crippen molar-refractivity contribution in [2.24, 2.45) is 0 Å². The first kappa shape index (κ1) is 10.8. The summed E-state index contributed by atoms with van der Waals surface area (Å²) in [7, 11) is 0. The van der Waals surface area contributed by atoms with Crippen LogP contribution in [0.2, 0.25) is 0 Å². The normalized spacial score (nSPS) is 20.8. The highest BCUT2D eigenvalue weighted by atomic mass is 16.5. The fourth-order valence-corrected chi connectivity index (χ4v) is 1.70. The Labute approximate surface area is 93.5 Å². The van der Waals surface area contributed by atoms with E-state index in [0.717, 1.165) is 0 Å². The predicted molar refractivity (Wildman–Crippen MR) is 56.5 cm³/mol. The number of amides is 1. The molecule has 2 heterocycles. The van der Waals surface area contributed by atoms with E-state index in [2.05, 4.69) is 16.9 Å². The molecule has 86 valence electrons. The van der Waals surface area contributed by atoms with Crippen molar-refractivity contribution in [1.29, 1.82) is 0 Å². The fraction of sp³-hybridized carbons (Fsp3) is 0.500. The van der Waals surface area contributed by atoms with E-state index >= 15 is 0 Å². The van der Waals surface area contributed by atoms with Crippen molar-refractivity contribution >= 4 is 5.91 Å². The number of nitrogens with zero attached hydrogens (tertiary/aromatic N) is 4. The van der Waals surface area contributed by atoms with Gasteiger partial charge in [-0.3, -0.25) is 4.79 Å². The molecule has 1 aliphatic heterocycles. The summed E-state index contributed by atoms with van der Waals surface area (Å²) in [5.41, 5.74) is 0. The van der Waals surface area contributed by atoms with Crippen LogP contribution in [0.25, 0.3) is 0 Å². The van der Waals surface area contributed by atoms with Crippen molar-refractivity contribution < 1.29 is 9.53 Å². The number of aromatic nitrogens is 3. The lowest BCUT2D eigenvalue weighted by molar-refractivity contribution is -0.134. The van der Waals surface area contributed by atoms with Gasteiger partial charge in [0, 0.05) is 19.3 Å². The molecule has 6 heteroatoms. The fourth-order valence-electron chi connectivity index (χ4n) is 1.70. The van der Waals surface area contributed by atoms with Crippen molar-refractivity contribution in [3.63, 3.8) is 0 Å². The summed E-state index contributed by atoms with van der Waals surface area (Å²) in [6, 6.07) is 0. The average molecular weight is 222 g/mol. The molecule has 2 rings (SSSR count). The molecule has 1 aromatic rings. The Balaban J connectivity index is 1.91. The minimum atomic E-state index is -0.0492. The third kappa shape index (κ3) is 2.46. The zero-order valence-corrected chi connectivity index (χ0v) is 8.95. The van der Waals surface area contributed by atoms with E-state index in [4.69, 9.17) is 4.74 Å².